The second-order valence-electron chi connectivity index (χ2n) is 9.09. The van der Waals surface area contributed by atoms with Crippen LogP contribution in [-0.4, -0.2) is 77.4 Å². The number of aromatic hydroxyl groups is 1. The molecule has 4 N–H and O–H groups in total. The summed E-state index contributed by atoms with van der Waals surface area (Å²) in [5, 5.41) is 17.4. The largest absolute Gasteiger partial charge is 0.508 e. The number of carbonyl (C=O) groups excluding carboxylic acids is 4. The minimum Gasteiger partial charge on any atom is -0.508 e. The van der Waals surface area contributed by atoms with Gasteiger partial charge in [0.25, 0.3) is 17.7 Å². The van der Waals surface area contributed by atoms with Crippen molar-refractivity contribution in [2.45, 2.75) is 12.1 Å². The van der Waals surface area contributed by atoms with Gasteiger partial charge in [-0.25, -0.2) is 4.79 Å². The van der Waals surface area contributed by atoms with Crippen LogP contribution in [0, 0.1) is 0 Å². The van der Waals surface area contributed by atoms with Crippen LogP contribution in [0.1, 0.15) is 32.0 Å². The number of furan rings is 1. The highest BCUT2D eigenvalue weighted by molar-refractivity contribution is 6.08. The average molecular weight is 492 g/mol. The van der Waals surface area contributed by atoms with E-state index in [2.05, 4.69) is 20.9 Å². The molecule has 186 valence electrons. The molecular weight excluding hydrogens is 468 g/mol. The summed E-state index contributed by atoms with van der Waals surface area (Å²) >= 11 is 0. The Hall–Kier alpha value is -4.45. The summed E-state index contributed by atoms with van der Waals surface area (Å²) in [5.74, 6) is -1.37. The number of urea groups is 1. The molecule has 0 bridgehead atoms. The molecule has 5 amide bonds. The summed E-state index contributed by atoms with van der Waals surface area (Å²) in [6, 6.07) is 6.78. The molecule has 0 spiro atoms. The van der Waals surface area contributed by atoms with Crippen molar-refractivity contribution >= 4 is 34.9 Å². The van der Waals surface area contributed by atoms with Gasteiger partial charge in [-0.2, -0.15) is 0 Å². The predicted molar refractivity (Wildman–Crippen MR) is 126 cm³/mol. The SMILES string of the molecule is CN(C)CCNC(=O)c1cnc2cc([C@]3(CN4Cc5ccc(O)cc5C4=O)NC(=O)NC3=O)oc2c1. The molecule has 12 heteroatoms. The molecule has 0 radical (unpaired) electrons. The maximum Gasteiger partial charge on any atom is 0.322 e. The Balaban J connectivity index is 1.45. The Morgan fingerprint density at radius 3 is 2.78 bits per heavy atom. The molecule has 36 heavy (non-hydrogen) atoms. The average Bonchev–Trinajstić information content (AvgIpc) is 3.47. The number of aromatic nitrogens is 1. The topological polar surface area (TPSA) is 157 Å². The van der Waals surface area contributed by atoms with E-state index in [4.69, 9.17) is 4.42 Å². The summed E-state index contributed by atoms with van der Waals surface area (Å²) in [4.78, 5) is 58.3. The van der Waals surface area contributed by atoms with Crippen LogP contribution < -0.4 is 16.0 Å². The van der Waals surface area contributed by atoms with E-state index in [9.17, 15) is 24.3 Å². The summed E-state index contributed by atoms with van der Waals surface area (Å²) in [5.41, 5.74) is 0.218. The highest BCUT2D eigenvalue weighted by atomic mass is 16.3. The van der Waals surface area contributed by atoms with Crippen LogP contribution in [0.3, 0.4) is 0 Å². The molecule has 0 saturated carbocycles. The molecule has 0 unspecified atom stereocenters. The van der Waals surface area contributed by atoms with Gasteiger partial charge in [0.05, 0.1) is 12.1 Å². The summed E-state index contributed by atoms with van der Waals surface area (Å²) in [6.45, 7) is 1.10. The number of likely N-dealkylation sites (N-methyl/N-ethyl adjacent to an activating group) is 1. The Morgan fingerprint density at radius 1 is 1.25 bits per heavy atom. The Labute approximate surface area is 205 Å². The lowest BCUT2D eigenvalue weighted by Gasteiger charge is -2.28. The maximum atomic E-state index is 13.0. The smallest absolute Gasteiger partial charge is 0.322 e. The highest BCUT2D eigenvalue weighted by Gasteiger charge is 2.53. The Bertz CT molecular complexity index is 1420. The third kappa shape index (κ3) is 4.01. The number of nitrogens with zero attached hydrogens (tertiary/aromatic N) is 3. The molecule has 3 aromatic rings. The summed E-state index contributed by atoms with van der Waals surface area (Å²) < 4.78 is 5.95. The molecule has 1 saturated heterocycles. The zero-order valence-electron chi connectivity index (χ0n) is 19.6. The van der Waals surface area contributed by atoms with Gasteiger partial charge in [-0.05, 0) is 37.9 Å². The predicted octanol–water partition coefficient (Wildman–Crippen LogP) is 0.516. The number of rotatable bonds is 7. The van der Waals surface area contributed by atoms with Crippen LogP contribution in [0.5, 0.6) is 5.75 Å². The molecule has 5 rings (SSSR count). The number of phenols is 1. The molecule has 0 aliphatic carbocycles. The standard InChI is InChI=1S/C24H24N6O6/c1-29(2)6-5-25-20(32)14-7-18-17(26-10-14)9-19(36-18)24(22(34)27-23(35)28-24)12-30-11-13-3-4-15(31)8-16(13)21(30)33/h3-4,7-10,31H,5-6,11-12H2,1-2H3,(H,25,32)(H2,27,28,34,35)/t24-/m0/s1. The second kappa shape index (κ2) is 8.64. The molecule has 2 aromatic heterocycles. The number of benzene rings is 1. The molecule has 2 aliphatic heterocycles. The number of hydrogen-bond donors (Lipinski definition) is 4. The van der Waals surface area contributed by atoms with Gasteiger partial charge in [0.15, 0.2) is 11.1 Å². The summed E-state index contributed by atoms with van der Waals surface area (Å²) in [6.07, 6.45) is 1.40. The van der Waals surface area contributed by atoms with Crippen LogP contribution in [0.4, 0.5) is 4.79 Å². The fourth-order valence-corrected chi connectivity index (χ4v) is 4.36. The minimum absolute atomic E-state index is 0.0458. The molecule has 4 heterocycles. The van der Waals surface area contributed by atoms with E-state index in [1.54, 1.807) is 6.07 Å². The van der Waals surface area contributed by atoms with Crippen molar-refractivity contribution in [2.24, 2.45) is 0 Å². The number of fused-ring (bicyclic) bond motifs is 2. The fourth-order valence-electron chi connectivity index (χ4n) is 4.36. The van der Waals surface area contributed by atoms with Crippen LogP contribution in [-0.2, 0) is 16.9 Å². The Kier molecular flexibility index (Phi) is 5.59. The number of imide groups is 1. The van der Waals surface area contributed by atoms with Gasteiger partial charge >= 0.3 is 6.03 Å². The van der Waals surface area contributed by atoms with Gasteiger partial charge in [0, 0.05) is 37.5 Å². The fraction of sp³-hybridized carbons (Fsp3) is 0.292. The van der Waals surface area contributed by atoms with Gasteiger partial charge in [-0.3, -0.25) is 24.7 Å². The normalized spacial score (nSPS) is 19.1. The Morgan fingerprint density at radius 2 is 2.06 bits per heavy atom. The van der Waals surface area contributed by atoms with Crippen LogP contribution in [0.25, 0.3) is 11.1 Å². The van der Waals surface area contributed by atoms with E-state index < -0.39 is 17.5 Å². The zero-order valence-corrected chi connectivity index (χ0v) is 19.6. The minimum atomic E-state index is -1.70. The van der Waals surface area contributed by atoms with E-state index in [1.165, 1.54) is 35.4 Å². The maximum absolute atomic E-state index is 13.0. The number of carbonyl (C=O) groups is 4. The molecule has 1 atom stereocenters. The van der Waals surface area contributed by atoms with Crippen LogP contribution in [0.15, 0.2) is 40.9 Å². The lowest BCUT2D eigenvalue weighted by atomic mass is 9.95. The van der Waals surface area contributed by atoms with Crippen LogP contribution in [0.2, 0.25) is 0 Å². The van der Waals surface area contributed by atoms with Gasteiger partial charge in [0.1, 0.15) is 17.0 Å². The van der Waals surface area contributed by atoms with Gasteiger partial charge in [-0.1, -0.05) is 6.07 Å². The molecule has 2 aliphatic rings. The second-order valence-corrected chi connectivity index (χ2v) is 9.09. The van der Waals surface area contributed by atoms with E-state index in [-0.39, 0.29) is 47.6 Å². The van der Waals surface area contributed by atoms with Crippen molar-refractivity contribution in [2.75, 3.05) is 33.7 Å². The number of amides is 5. The summed E-state index contributed by atoms with van der Waals surface area (Å²) in [7, 11) is 3.80. The van der Waals surface area contributed by atoms with E-state index in [0.29, 0.717) is 29.7 Å². The van der Waals surface area contributed by atoms with Crippen molar-refractivity contribution in [1.82, 2.24) is 30.7 Å². The highest BCUT2D eigenvalue weighted by Crippen LogP contribution is 2.34. The van der Waals surface area contributed by atoms with Gasteiger partial charge in [0.2, 0.25) is 0 Å². The van der Waals surface area contributed by atoms with Crippen LogP contribution >= 0.6 is 0 Å². The lowest BCUT2D eigenvalue weighted by molar-refractivity contribution is -0.125. The van der Waals surface area contributed by atoms with Gasteiger partial charge < -0.3 is 30.0 Å². The van der Waals surface area contributed by atoms with Crippen molar-refractivity contribution in [1.29, 1.82) is 0 Å². The number of pyridine rings is 1. The quantitative estimate of drug-likeness (QED) is 0.348. The van der Waals surface area contributed by atoms with Crippen molar-refractivity contribution in [3.05, 3.63) is 59.0 Å². The van der Waals surface area contributed by atoms with E-state index >= 15 is 0 Å². The number of nitrogens with one attached hydrogen (secondary N) is 3. The van der Waals surface area contributed by atoms with Gasteiger partial charge in [-0.15, -0.1) is 0 Å². The molecule has 1 fully saturated rings. The molecule has 12 nitrogen and oxygen atoms in total. The van der Waals surface area contributed by atoms with Crippen molar-refractivity contribution in [3.8, 4) is 5.75 Å². The van der Waals surface area contributed by atoms with Crippen molar-refractivity contribution in [3.63, 3.8) is 0 Å². The number of phenolic OH excluding ortho intramolecular Hbond substituents is 1. The third-order valence-electron chi connectivity index (χ3n) is 6.24. The first-order valence-electron chi connectivity index (χ1n) is 11.2. The first-order valence-corrected chi connectivity index (χ1v) is 11.2. The first kappa shape index (κ1) is 23.3. The zero-order chi connectivity index (χ0) is 25.6. The van der Waals surface area contributed by atoms with E-state index in [0.717, 1.165) is 0 Å². The van der Waals surface area contributed by atoms with Crippen molar-refractivity contribution < 1.29 is 28.7 Å². The first-order chi connectivity index (χ1) is 17.2. The lowest BCUT2D eigenvalue weighted by Crippen LogP contribution is -2.52. The molecule has 1 aromatic carbocycles. The number of hydrogen-bond acceptors (Lipinski definition) is 8. The molecular formula is C24H24N6O6. The monoisotopic (exact) mass is 492 g/mol. The van der Waals surface area contributed by atoms with E-state index in [1.807, 2.05) is 19.0 Å². The third-order valence-corrected chi connectivity index (χ3v) is 6.24.